The van der Waals surface area contributed by atoms with Crippen LogP contribution in [-0.4, -0.2) is 25.0 Å². The lowest BCUT2D eigenvalue weighted by atomic mass is 10.1. The smallest absolute Gasteiger partial charge is 0.328 e. The molecule has 0 saturated carbocycles. The van der Waals surface area contributed by atoms with Gasteiger partial charge < -0.3 is 10.1 Å². The van der Waals surface area contributed by atoms with Gasteiger partial charge in [-0.3, -0.25) is 4.79 Å². The minimum absolute atomic E-state index is 0.159. The van der Waals surface area contributed by atoms with E-state index >= 15 is 0 Å². The van der Waals surface area contributed by atoms with Crippen LogP contribution in [0.25, 0.3) is 0 Å². The van der Waals surface area contributed by atoms with Gasteiger partial charge >= 0.3 is 5.97 Å². The van der Waals surface area contributed by atoms with Gasteiger partial charge in [0.05, 0.1) is 7.11 Å². The summed E-state index contributed by atoms with van der Waals surface area (Å²) in [5.74, 6) is -0.598. The van der Waals surface area contributed by atoms with E-state index in [2.05, 4.69) is 26.0 Å². The van der Waals surface area contributed by atoms with Crippen molar-refractivity contribution < 1.29 is 14.3 Å². The molecule has 0 spiro atoms. The summed E-state index contributed by atoms with van der Waals surface area (Å²) >= 11 is 3.38. The first kappa shape index (κ1) is 14.7. The van der Waals surface area contributed by atoms with Gasteiger partial charge in [-0.15, -0.1) is 0 Å². The second-order valence-electron chi connectivity index (χ2n) is 3.94. The summed E-state index contributed by atoms with van der Waals surface area (Å²) in [5.41, 5.74) is 1.07. The van der Waals surface area contributed by atoms with Crippen LogP contribution in [0.1, 0.15) is 18.9 Å². The number of hydrogen-bond donors (Lipinski definition) is 1. The van der Waals surface area contributed by atoms with Gasteiger partial charge in [-0.25, -0.2) is 4.79 Å². The molecule has 98 valence electrons. The van der Waals surface area contributed by atoms with Crippen molar-refractivity contribution in [1.29, 1.82) is 0 Å². The first-order chi connectivity index (χ1) is 8.52. The Kier molecular flexibility index (Phi) is 5.85. The molecule has 0 aliphatic rings. The van der Waals surface area contributed by atoms with Crippen LogP contribution >= 0.6 is 15.9 Å². The Morgan fingerprint density at radius 3 is 2.78 bits per heavy atom. The number of aryl methyl sites for hydroxylation is 1. The van der Waals surface area contributed by atoms with Crippen LogP contribution in [0.4, 0.5) is 0 Å². The molecule has 0 bridgehead atoms. The molecule has 1 aromatic rings. The number of halogens is 1. The van der Waals surface area contributed by atoms with Crippen LogP contribution in [0.3, 0.4) is 0 Å². The van der Waals surface area contributed by atoms with E-state index in [-0.39, 0.29) is 5.91 Å². The Labute approximate surface area is 115 Å². The van der Waals surface area contributed by atoms with Gasteiger partial charge in [-0.05, 0) is 31.0 Å². The Balaban J connectivity index is 2.40. The maximum absolute atomic E-state index is 11.6. The van der Waals surface area contributed by atoms with Gasteiger partial charge in [0.25, 0.3) is 0 Å². The molecule has 0 radical (unpaired) electrons. The fourth-order valence-corrected chi connectivity index (χ4v) is 1.95. The Morgan fingerprint density at radius 2 is 2.17 bits per heavy atom. The van der Waals surface area contributed by atoms with Crippen molar-refractivity contribution in [3.63, 3.8) is 0 Å². The van der Waals surface area contributed by atoms with Gasteiger partial charge in [0.1, 0.15) is 6.04 Å². The molecule has 1 aromatic carbocycles. The maximum Gasteiger partial charge on any atom is 0.328 e. The Bertz CT molecular complexity index is 434. The zero-order valence-corrected chi connectivity index (χ0v) is 12.0. The topological polar surface area (TPSA) is 55.4 Å². The molecule has 0 aromatic heterocycles. The maximum atomic E-state index is 11.6. The third-order valence-corrected chi connectivity index (χ3v) is 2.96. The lowest BCUT2D eigenvalue weighted by Gasteiger charge is -2.11. The van der Waals surface area contributed by atoms with Crippen LogP contribution in [0, 0.1) is 0 Å². The molecule has 1 N–H and O–H groups in total. The first-order valence-electron chi connectivity index (χ1n) is 5.64. The lowest BCUT2D eigenvalue weighted by molar-refractivity contribution is -0.144. The molecule has 1 amide bonds. The van der Waals surface area contributed by atoms with Gasteiger partial charge in [0, 0.05) is 10.9 Å². The zero-order valence-electron chi connectivity index (χ0n) is 10.4. The van der Waals surface area contributed by atoms with E-state index in [0.29, 0.717) is 12.8 Å². The van der Waals surface area contributed by atoms with Crippen molar-refractivity contribution >= 4 is 27.8 Å². The summed E-state index contributed by atoms with van der Waals surface area (Å²) in [4.78, 5) is 22.7. The van der Waals surface area contributed by atoms with E-state index in [4.69, 9.17) is 0 Å². The highest BCUT2D eigenvalue weighted by molar-refractivity contribution is 9.10. The monoisotopic (exact) mass is 313 g/mol. The Morgan fingerprint density at radius 1 is 1.44 bits per heavy atom. The molecule has 1 unspecified atom stereocenters. The largest absolute Gasteiger partial charge is 0.467 e. The summed E-state index contributed by atoms with van der Waals surface area (Å²) < 4.78 is 5.52. The number of benzene rings is 1. The average Bonchev–Trinajstić information content (AvgIpc) is 2.35. The van der Waals surface area contributed by atoms with Crippen LogP contribution in [-0.2, 0) is 20.7 Å². The standard InChI is InChI=1S/C13H16BrNO3/c1-9(13(17)18-2)15-12(16)7-6-10-4-3-5-11(14)8-10/h3-5,8-9H,6-7H2,1-2H3,(H,15,16). The van der Waals surface area contributed by atoms with E-state index in [1.165, 1.54) is 7.11 Å². The van der Waals surface area contributed by atoms with Crippen molar-refractivity contribution in [3.05, 3.63) is 34.3 Å². The van der Waals surface area contributed by atoms with Crippen molar-refractivity contribution in [3.8, 4) is 0 Å². The van der Waals surface area contributed by atoms with E-state index in [0.717, 1.165) is 10.0 Å². The number of carbonyl (C=O) groups excluding carboxylic acids is 2. The van der Waals surface area contributed by atoms with Gasteiger partial charge in [-0.2, -0.15) is 0 Å². The van der Waals surface area contributed by atoms with Crippen LogP contribution in [0.15, 0.2) is 28.7 Å². The van der Waals surface area contributed by atoms with Gasteiger partial charge in [-0.1, -0.05) is 28.1 Å². The number of carbonyl (C=O) groups is 2. The SMILES string of the molecule is COC(=O)C(C)NC(=O)CCc1cccc(Br)c1. The van der Waals surface area contributed by atoms with Crippen molar-refractivity contribution in [2.75, 3.05) is 7.11 Å². The highest BCUT2D eigenvalue weighted by atomic mass is 79.9. The number of ether oxygens (including phenoxy) is 1. The number of methoxy groups -OCH3 is 1. The van der Waals surface area contributed by atoms with E-state index in [1.807, 2.05) is 24.3 Å². The third-order valence-electron chi connectivity index (χ3n) is 2.46. The molecule has 0 saturated heterocycles. The molecule has 0 heterocycles. The van der Waals surface area contributed by atoms with Crippen LogP contribution < -0.4 is 5.32 Å². The summed E-state index contributed by atoms with van der Waals surface area (Å²) in [7, 11) is 1.30. The molecule has 4 nitrogen and oxygen atoms in total. The second kappa shape index (κ2) is 7.16. The van der Waals surface area contributed by atoms with Crippen LogP contribution in [0.2, 0.25) is 0 Å². The molecule has 0 aliphatic carbocycles. The molecule has 0 aliphatic heterocycles. The molecular weight excluding hydrogens is 298 g/mol. The summed E-state index contributed by atoms with van der Waals surface area (Å²) in [6.07, 6.45) is 0.983. The summed E-state index contributed by atoms with van der Waals surface area (Å²) in [6, 6.07) is 7.18. The predicted octanol–water partition coefficient (Wildman–Crippen LogP) is 2.06. The normalized spacial score (nSPS) is 11.7. The number of amides is 1. The molecule has 5 heteroatoms. The highest BCUT2D eigenvalue weighted by Gasteiger charge is 2.15. The third kappa shape index (κ3) is 4.87. The quantitative estimate of drug-likeness (QED) is 0.847. The van der Waals surface area contributed by atoms with Crippen molar-refractivity contribution in [2.24, 2.45) is 0 Å². The van der Waals surface area contributed by atoms with Gasteiger partial charge in [0.2, 0.25) is 5.91 Å². The molecule has 1 atom stereocenters. The fraction of sp³-hybridized carbons (Fsp3) is 0.385. The van der Waals surface area contributed by atoms with E-state index in [9.17, 15) is 9.59 Å². The number of hydrogen-bond acceptors (Lipinski definition) is 3. The zero-order chi connectivity index (χ0) is 13.5. The van der Waals surface area contributed by atoms with Crippen LogP contribution in [0.5, 0.6) is 0 Å². The van der Waals surface area contributed by atoms with Gasteiger partial charge in [0.15, 0.2) is 0 Å². The minimum Gasteiger partial charge on any atom is -0.467 e. The minimum atomic E-state index is -0.606. The number of nitrogens with one attached hydrogen (secondary N) is 1. The molecule has 18 heavy (non-hydrogen) atoms. The highest BCUT2D eigenvalue weighted by Crippen LogP contribution is 2.12. The second-order valence-corrected chi connectivity index (χ2v) is 4.86. The van der Waals surface area contributed by atoms with E-state index in [1.54, 1.807) is 6.92 Å². The van der Waals surface area contributed by atoms with Crippen molar-refractivity contribution in [2.45, 2.75) is 25.8 Å². The fourth-order valence-electron chi connectivity index (χ4n) is 1.50. The van der Waals surface area contributed by atoms with Crippen molar-refractivity contribution in [1.82, 2.24) is 5.32 Å². The molecular formula is C13H16BrNO3. The average molecular weight is 314 g/mol. The number of esters is 1. The Hall–Kier alpha value is -1.36. The first-order valence-corrected chi connectivity index (χ1v) is 6.44. The molecule has 1 rings (SSSR count). The lowest BCUT2D eigenvalue weighted by Crippen LogP contribution is -2.39. The van der Waals surface area contributed by atoms with E-state index < -0.39 is 12.0 Å². The molecule has 0 fully saturated rings. The summed E-state index contributed by atoms with van der Waals surface area (Å²) in [5, 5.41) is 2.59. The summed E-state index contributed by atoms with van der Waals surface area (Å²) in [6.45, 7) is 1.60. The predicted molar refractivity (Wildman–Crippen MR) is 72.1 cm³/mol. The number of rotatable bonds is 5.